The summed E-state index contributed by atoms with van der Waals surface area (Å²) in [5.41, 5.74) is 1.33. The topological polar surface area (TPSA) is 92.6 Å². The van der Waals surface area contributed by atoms with Crippen LogP contribution in [0.5, 0.6) is 0 Å². The molecule has 42 heavy (non-hydrogen) atoms. The number of aromatic nitrogens is 4. The van der Waals surface area contributed by atoms with Crippen molar-refractivity contribution in [3.05, 3.63) is 66.1 Å². The van der Waals surface area contributed by atoms with Crippen LogP contribution in [-0.2, 0) is 16.0 Å². The van der Waals surface area contributed by atoms with Crippen molar-refractivity contribution < 1.29 is 18.3 Å². The Hall–Kier alpha value is -3.71. The normalized spacial score (nSPS) is 22.4. The quantitative estimate of drug-likeness (QED) is 0.357. The van der Waals surface area contributed by atoms with Gasteiger partial charge < -0.3 is 29.6 Å². The number of ether oxygens (including phenoxy) is 2. The summed E-state index contributed by atoms with van der Waals surface area (Å²) in [5, 5.41) is 7.49. The van der Waals surface area contributed by atoms with E-state index in [2.05, 4.69) is 44.3 Å². The summed E-state index contributed by atoms with van der Waals surface area (Å²) in [5.74, 6) is 0.0945. The molecule has 1 spiro atoms. The number of nitrogens with one attached hydrogen (secondary N) is 2. The van der Waals surface area contributed by atoms with Crippen molar-refractivity contribution in [3.63, 3.8) is 0 Å². The number of nitrogens with zero attached hydrogens (tertiary/aromatic N) is 6. The molecule has 4 aromatic rings. The van der Waals surface area contributed by atoms with Gasteiger partial charge in [-0.3, -0.25) is 4.90 Å². The number of piperazine rings is 1. The predicted octanol–water partition coefficient (Wildman–Crippen LogP) is 3.63. The highest BCUT2D eigenvalue weighted by Crippen LogP contribution is 2.29. The summed E-state index contributed by atoms with van der Waals surface area (Å²) in [6.07, 6.45) is 5.19. The third kappa shape index (κ3) is 5.31. The van der Waals surface area contributed by atoms with Crippen molar-refractivity contribution >= 4 is 28.5 Å². The highest BCUT2D eigenvalue weighted by atomic mass is 19.1. The number of morpholine rings is 1. The van der Waals surface area contributed by atoms with Gasteiger partial charge in [0.05, 0.1) is 37.4 Å². The maximum absolute atomic E-state index is 15.3. The molecule has 12 heteroatoms. The smallest absolute Gasteiger partial charge is 0.229 e. The first-order valence-corrected chi connectivity index (χ1v) is 14.3. The van der Waals surface area contributed by atoms with E-state index in [1.165, 1.54) is 12.1 Å². The zero-order valence-electron chi connectivity index (χ0n) is 23.7. The molecule has 3 aromatic heterocycles. The van der Waals surface area contributed by atoms with Crippen molar-refractivity contribution in [2.45, 2.75) is 38.1 Å². The highest BCUT2D eigenvalue weighted by molar-refractivity contribution is 5.78. The van der Waals surface area contributed by atoms with Gasteiger partial charge in [-0.15, -0.1) is 0 Å². The fourth-order valence-electron chi connectivity index (χ4n) is 6.14. The molecule has 6 heterocycles. The minimum Gasteiger partial charge on any atom is -0.375 e. The van der Waals surface area contributed by atoms with Crippen LogP contribution in [0.25, 0.3) is 16.7 Å². The van der Waals surface area contributed by atoms with Crippen molar-refractivity contribution in [2.24, 2.45) is 0 Å². The van der Waals surface area contributed by atoms with E-state index in [0.29, 0.717) is 62.3 Å². The second kappa shape index (κ2) is 10.8. The molecule has 220 valence electrons. The van der Waals surface area contributed by atoms with Gasteiger partial charge in [0.2, 0.25) is 5.95 Å². The molecule has 10 nitrogen and oxygen atoms in total. The molecule has 7 rings (SSSR count). The third-order valence-electron chi connectivity index (χ3n) is 8.16. The predicted molar refractivity (Wildman–Crippen MR) is 155 cm³/mol. The number of fused-ring (bicyclic) bond motifs is 1. The van der Waals surface area contributed by atoms with E-state index in [9.17, 15) is 0 Å². The Kier molecular flexibility index (Phi) is 7.01. The van der Waals surface area contributed by atoms with Crippen molar-refractivity contribution in [3.8, 4) is 5.69 Å². The Balaban J connectivity index is 1.09. The minimum absolute atomic E-state index is 0.0464. The van der Waals surface area contributed by atoms with Crippen molar-refractivity contribution in [1.29, 1.82) is 0 Å². The van der Waals surface area contributed by atoms with Crippen LogP contribution >= 0.6 is 0 Å². The molecule has 3 aliphatic rings. The number of halogens is 2. The van der Waals surface area contributed by atoms with Gasteiger partial charge in [-0.2, -0.15) is 4.98 Å². The first-order valence-electron chi connectivity index (χ1n) is 14.3. The van der Waals surface area contributed by atoms with Crippen LogP contribution < -0.4 is 15.5 Å². The third-order valence-corrected chi connectivity index (χ3v) is 8.16. The van der Waals surface area contributed by atoms with Crippen molar-refractivity contribution in [1.82, 2.24) is 29.7 Å². The summed E-state index contributed by atoms with van der Waals surface area (Å²) in [7, 11) is 0. The Labute approximate surface area is 242 Å². The van der Waals surface area contributed by atoms with Crippen LogP contribution in [0.1, 0.15) is 19.4 Å². The second-order valence-corrected chi connectivity index (χ2v) is 11.7. The number of rotatable bonds is 6. The molecule has 3 fully saturated rings. The molecule has 0 aliphatic carbocycles. The highest BCUT2D eigenvalue weighted by Gasteiger charge is 2.43. The molecule has 1 aromatic carbocycles. The first-order chi connectivity index (χ1) is 20.3. The van der Waals surface area contributed by atoms with Gasteiger partial charge in [0, 0.05) is 68.2 Å². The SMILES string of the molecule is C[C@@H]1CN(c2ccc(Nc3ncc4ccn(-c5cc(F)c(CN6CCOC7(COC7)C6)c(F)c5)c4n3)cn2)C[C@H](C)N1. The van der Waals surface area contributed by atoms with Crippen molar-refractivity contribution in [2.75, 3.05) is 56.2 Å². The molecule has 3 aliphatic heterocycles. The lowest BCUT2D eigenvalue weighted by atomic mass is 9.99. The molecule has 0 saturated carbocycles. The van der Waals surface area contributed by atoms with E-state index in [-0.39, 0.29) is 17.7 Å². The molecular weight excluding hydrogens is 542 g/mol. The summed E-state index contributed by atoms with van der Waals surface area (Å²) in [4.78, 5) is 18.0. The molecular formula is C30H34F2N8O2. The monoisotopic (exact) mass is 576 g/mol. The Morgan fingerprint density at radius 2 is 1.83 bits per heavy atom. The number of benzene rings is 1. The van der Waals surface area contributed by atoms with E-state index in [1.807, 2.05) is 23.1 Å². The summed E-state index contributed by atoms with van der Waals surface area (Å²) in [6.45, 7) is 9.07. The summed E-state index contributed by atoms with van der Waals surface area (Å²) in [6, 6.07) is 9.25. The standard InChI is InChI=1S/C30H34F2N8O2/c1-19-13-39(14-20(2)35-19)27-4-3-22(12-33-27)36-29-34-11-21-5-6-40(28(21)37-29)23-9-25(31)24(26(32)10-23)15-38-7-8-42-30(16-38)17-41-18-30/h3-6,9-12,19-20,35H,7-8,13-18H2,1-2H3,(H,34,36,37)/t19-,20+. The van der Waals surface area contributed by atoms with Crippen LogP contribution in [-0.4, -0.2) is 88.1 Å². The molecule has 0 unspecified atom stereocenters. The van der Waals surface area contributed by atoms with E-state index >= 15 is 8.78 Å². The number of anilines is 3. The maximum Gasteiger partial charge on any atom is 0.229 e. The molecule has 0 amide bonds. The zero-order valence-corrected chi connectivity index (χ0v) is 23.7. The van der Waals surface area contributed by atoms with Crippen LogP contribution in [0, 0.1) is 11.6 Å². The van der Waals surface area contributed by atoms with Crippen LogP contribution in [0.15, 0.2) is 48.9 Å². The minimum atomic E-state index is -0.593. The molecule has 2 atom stereocenters. The Morgan fingerprint density at radius 1 is 1.05 bits per heavy atom. The summed E-state index contributed by atoms with van der Waals surface area (Å²) >= 11 is 0. The average molecular weight is 577 g/mol. The van der Waals surface area contributed by atoms with Crippen LogP contribution in [0.3, 0.4) is 0 Å². The van der Waals surface area contributed by atoms with Gasteiger partial charge in [-0.25, -0.2) is 18.7 Å². The lowest BCUT2D eigenvalue weighted by Gasteiger charge is -2.47. The first kappa shape index (κ1) is 27.1. The zero-order chi connectivity index (χ0) is 28.8. The van der Waals surface area contributed by atoms with Gasteiger partial charge in [0.1, 0.15) is 28.7 Å². The average Bonchev–Trinajstić information content (AvgIpc) is 3.37. The fourth-order valence-corrected chi connectivity index (χ4v) is 6.14. The van der Waals surface area contributed by atoms with Gasteiger partial charge in [0.25, 0.3) is 0 Å². The van der Waals surface area contributed by atoms with E-state index < -0.39 is 11.6 Å². The lowest BCUT2D eigenvalue weighted by Crippen LogP contribution is -2.62. The lowest BCUT2D eigenvalue weighted by molar-refractivity contribution is -0.238. The van der Waals surface area contributed by atoms with Gasteiger partial charge in [0.15, 0.2) is 0 Å². The largest absolute Gasteiger partial charge is 0.375 e. The number of hydrogen-bond acceptors (Lipinski definition) is 9. The van der Waals surface area contributed by atoms with Gasteiger partial charge in [-0.05, 0) is 44.2 Å². The number of hydrogen-bond donors (Lipinski definition) is 2. The van der Waals surface area contributed by atoms with Gasteiger partial charge in [-0.1, -0.05) is 0 Å². The molecule has 0 bridgehead atoms. The molecule has 3 saturated heterocycles. The Bertz CT molecular complexity index is 1560. The molecule has 2 N–H and O–H groups in total. The van der Waals surface area contributed by atoms with Crippen LogP contribution in [0.2, 0.25) is 0 Å². The van der Waals surface area contributed by atoms with Gasteiger partial charge >= 0.3 is 0 Å². The maximum atomic E-state index is 15.3. The van der Waals surface area contributed by atoms with E-state index in [0.717, 1.165) is 30.0 Å². The summed E-state index contributed by atoms with van der Waals surface area (Å²) < 4.78 is 43.5. The number of pyridine rings is 1. The van der Waals surface area contributed by atoms with E-state index in [1.54, 1.807) is 23.2 Å². The second-order valence-electron chi connectivity index (χ2n) is 11.7. The van der Waals surface area contributed by atoms with Crippen LogP contribution in [0.4, 0.5) is 26.2 Å². The Morgan fingerprint density at radius 3 is 2.52 bits per heavy atom. The molecule has 0 radical (unpaired) electrons. The van der Waals surface area contributed by atoms with E-state index in [4.69, 9.17) is 9.47 Å². The fraction of sp³-hybridized carbons (Fsp3) is 0.433.